The lowest BCUT2D eigenvalue weighted by Crippen LogP contribution is -2.40. The standard InChI is InChI=1S/C29H33N3O3/c1-21-23(10-5-13-27(21)31-16-18-35-19-17-31)29(33)32-15-7-8-22(20-32)25-11-6-12-26(30-25)24-9-3-4-14-28(24)34-2/h3-6,9-14,22H,7-8,15-20H2,1-2H3/t22-/m0/s1. The Balaban J connectivity index is 1.36. The van der Waals surface area contributed by atoms with Gasteiger partial charge in [0, 0.05) is 54.6 Å². The second-order valence-electron chi connectivity index (χ2n) is 9.29. The van der Waals surface area contributed by atoms with Gasteiger partial charge in [0.15, 0.2) is 0 Å². The number of carbonyl (C=O) groups is 1. The van der Waals surface area contributed by atoms with Crippen molar-refractivity contribution in [2.24, 2.45) is 0 Å². The third-order valence-corrected chi connectivity index (χ3v) is 7.17. The van der Waals surface area contributed by atoms with E-state index in [9.17, 15) is 4.79 Å². The molecule has 0 bridgehead atoms. The van der Waals surface area contributed by atoms with Crippen LogP contribution in [0.25, 0.3) is 11.3 Å². The first kappa shape index (κ1) is 23.4. The zero-order valence-corrected chi connectivity index (χ0v) is 20.6. The van der Waals surface area contributed by atoms with E-state index in [0.717, 1.165) is 85.2 Å². The maximum absolute atomic E-state index is 13.7. The van der Waals surface area contributed by atoms with E-state index in [1.165, 1.54) is 0 Å². The molecule has 0 aliphatic carbocycles. The molecule has 2 fully saturated rings. The highest BCUT2D eigenvalue weighted by Crippen LogP contribution is 2.32. The monoisotopic (exact) mass is 471 g/mol. The average molecular weight is 472 g/mol. The topological polar surface area (TPSA) is 54.9 Å². The molecule has 3 heterocycles. The van der Waals surface area contributed by atoms with E-state index >= 15 is 0 Å². The van der Waals surface area contributed by atoms with Gasteiger partial charge in [-0.15, -0.1) is 0 Å². The molecule has 6 nitrogen and oxygen atoms in total. The highest BCUT2D eigenvalue weighted by molar-refractivity contribution is 5.97. The maximum atomic E-state index is 13.7. The smallest absolute Gasteiger partial charge is 0.254 e. The lowest BCUT2D eigenvalue weighted by molar-refractivity contribution is 0.0705. The van der Waals surface area contributed by atoms with Crippen LogP contribution in [0.1, 0.15) is 40.4 Å². The molecule has 3 aromatic rings. The van der Waals surface area contributed by atoms with Gasteiger partial charge in [0.2, 0.25) is 0 Å². The minimum atomic E-state index is 0.114. The minimum absolute atomic E-state index is 0.114. The molecule has 182 valence electrons. The number of amides is 1. The van der Waals surface area contributed by atoms with Crippen LogP contribution in [0.15, 0.2) is 60.7 Å². The number of anilines is 1. The van der Waals surface area contributed by atoms with Crippen LogP contribution in [-0.4, -0.2) is 62.3 Å². The summed E-state index contributed by atoms with van der Waals surface area (Å²) in [5.74, 6) is 1.14. The number of pyridine rings is 1. The van der Waals surface area contributed by atoms with Crippen molar-refractivity contribution < 1.29 is 14.3 Å². The molecule has 35 heavy (non-hydrogen) atoms. The Hall–Kier alpha value is -3.38. The largest absolute Gasteiger partial charge is 0.496 e. The van der Waals surface area contributed by atoms with Crippen LogP contribution in [0.3, 0.4) is 0 Å². The lowest BCUT2D eigenvalue weighted by Gasteiger charge is -2.34. The number of para-hydroxylation sites is 1. The number of ether oxygens (including phenoxy) is 2. The van der Waals surface area contributed by atoms with Gasteiger partial charge in [-0.25, -0.2) is 0 Å². The van der Waals surface area contributed by atoms with Gasteiger partial charge in [-0.1, -0.05) is 24.3 Å². The van der Waals surface area contributed by atoms with Crippen molar-refractivity contribution in [1.29, 1.82) is 0 Å². The lowest BCUT2D eigenvalue weighted by atomic mass is 9.93. The summed E-state index contributed by atoms with van der Waals surface area (Å²) in [6.07, 6.45) is 2.00. The van der Waals surface area contributed by atoms with Gasteiger partial charge in [0.05, 0.1) is 26.0 Å². The zero-order chi connectivity index (χ0) is 24.2. The molecular weight excluding hydrogens is 438 g/mol. The molecule has 5 rings (SSSR count). The minimum Gasteiger partial charge on any atom is -0.496 e. The molecule has 2 aliphatic heterocycles. The van der Waals surface area contributed by atoms with Crippen LogP contribution in [-0.2, 0) is 4.74 Å². The first-order valence-electron chi connectivity index (χ1n) is 12.5. The van der Waals surface area contributed by atoms with E-state index in [2.05, 4.69) is 30.0 Å². The van der Waals surface area contributed by atoms with Crippen molar-refractivity contribution in [2.45, 2.75) is 25.7 Å². The quantitative estimate of drug-likeness (QED) is 0.529. The molecule has 2 saturated heterocycles. The van der Waals surface area contributed by atoms with Crippen LogP contribution in [0.2, 0.25) is 0 Å². The van der Waals surface area contributed by atoms with Gasteiger partial charge in [0.25, 0.3) is 5.91 Å². The summed E-state index contributed by atoms with van der Waals surface area (Å²) in [7, 11) is 1.68. The number of nitrogens with zero attached hydrogens (tertiary/aromatic N) is 3. The first-order valence-corrected chi connectivity index (χ1v) is 12.5. The number of aromatic nitrogens is 1. The number of likely N-dealkylation sites (tertiary alicyclic amines) is 1. The third kappa shape index (κ3) is 4.89. The van der Waals surface area contributed by atoms with Crippen LogP contribution < -0.4 is 9.64 Å². The summed E-state index contributed by atoms with van der Waals surface area (Å²) in [6, 6.07) is 20.2. The summed E-state index contributed by atoms with van der Waals surface area (Å²) >= 11 is 0. The van der Waals surface area contributed by atoms with Gasteiger partial charge in [-0.05, 0) is 61.7 Å². The maximum Gasteiger partial charge on any atom is 0.254 e. The Labute approximate surface area is 207 Å². The fourth-order valence-corrected chi connectivity index (χ4v) is 5.26. The molecule has 0 unspecified atom stereocenters. The van der Waals surface area contributed by atoms with Gasteiger partial charge in [-0.2, -0.15) is 0 Å². The highest BCUT2D eigenvalue weighted by atomic mass is 16.5. The molecule has 0 saturated carbocycles. The predicted molar refractivity (Wildman–Crippen MR) is 138 cm³/mol. The van der Waals surface area contributed by atoms with E-state index in [-0.39, 0.29) is 11.8 Å². The summed E-state index contributed by atoms with van der Waals surface area (Å²) in [6.45, 7) is 6.71. The van der Waals surface area contributed by atoms with Gasteiger partial charge in [0.1, 0.15) is 5.75 Å². The molecule has 6 heteroatoms. The normalized spacial score (nSPS) is 18.4. The van der Waals surface area contributed by atoms with E-state index in [4.69, 9.17) is 14.5 Å². The molecule has 0 spiro atoms. The van der Waals surface area contributed by atoms with Crippen molar-refractivity contribution >= 4 is 11.6 Å². The number of carbonyl (C=O) groups excluding carboxylic acids is 1. The number of rotatable bonds is 5. The van der Waals surface area contributed by atoms with Crippen molar-refractivity contribution in [3.05, 3.63) is 77.5 Å². The van der Waals surface area contributed by atoms with Crippen molar-refractivity contribution in [3.8, 4) is 17.0 Å². The number of hydrogen-bond donors (Lipinski definition) is 0. The fraction of sp³-hybridized carbons (Fsp3) is 0.379. The Morgan fingerprint density at radius 1 is 1.00 bits per heavy atom. The fourth-order valence-electron chi connectivity index (χ4n) is 5.26. The van der Waals surface area contributed by atoms with Crippen LogP contribution in [0, 0.1) is 6.92 Å². The molecule has 1 atom stereocenters. The summed E-state index contributed by atoms with van der Waals surface area (Å²) in [5, 5.41) is 0. The van der Waals surface area contributed by atoms with Gasteiger partial charge < -0.3 is 19.3 Å². The highest BCUT2D eigenvalue weighted by Gasteiger charge is 2.28. The molecule has 0 N–H and O–H groups in total. The Morgan fingerprint density at radius 3 is 2.63 bits per heavy atom. The molecule has 2 aromatic carbocycles. The summed E-state index contributed by atoms with van der Waals surface area (Å²) in [5.41, 5.74) is 5.90. The first-order chi connectivity index (χ1) is 17.2. The van der Waals surface area contributed by atoms with Gasteiger partial charge >= 0.3 is 0 Å². The van der Waals surface area contributed by atoms with Crippen molar-refractivity contribution in [3.63, 3.8) is 0 Å². The SMILES string of the molecule is COc1ccccc1-c1cccc([C@H]2CCCN(C(=O)c3cccc(N4CCOCC4)c3C)C2)n1. The second kappa shape index (κ2) is 10.5. The van der Waals surface area contributed by atoms with E-state index in [1.807, 2.05) is 47.4 Å². The molecular formula is C29H33N3O3. The van der Waals surface area contributed by atoms with Crippen LogP contribution >= 0.6 is 0 Å². The van der Waals surface area contributed by atoms with Crippen molar-refractivity contribution in [1.82, 2.24) is 9.88 Å². The third-order valence-electron chi connectivity index (χ3n) is 7.17. The molecule has 1 aromatic heterocycles. The van der Waals surface area contributed by atoms with E-state index < -0.39 is 0 Å². The van der Waals surface area contributed by atoms with E-state index in [0.29, 0.717) is 6.54 Å². The van der Waals surface area contributed by atoms with Crippen LogP contribution in [0.5, 0.6) is 5.75 Å². The summed E-state index contributed by atoms with van der Waals surface area (Å²) in [4.78, 5) is 23.0. The number of hydrogen-bond acceptors (Lipinski definition) is 5. The Bertz CT molecular complexity index is 1190. The molecule has 1 amide bonds. The second-order valence-corrected chi connectivity index (χ2v) is 9.29. The molecule has 2 aliphatic rings. The van der Waals surface area contributed by atoms with E-state index in [1.54, 1.807) is 7.11 Å². The Morgan fingerprint density at radius 2 is 1.80 bits per heavy atom. The summed E-state index contributed by atoms with van der Waals surface area (Å²) < 4.78 is 11.1. The zero-order valence-electron chi connectivity index (χ0n) is 20.6. The number of morpholine rings is 1. The average Bonchev–Trinajstić information content (AvgIpc) is 2.93. The predicted octanol–water partition coefficient (Wildman–Crippen LogP) is 4.92. The molecule has 0 radical (unpaired) electrons. The van der Waals surface area contributed by atoms with Crippen LogP contribution in [0.4, 0.5) is 5.69 Å². The Kier molecular flexibility index (Phi) is 7.00. The number of methoxy groups -OCH3 is 1. The van der Waals surface area contributed by atoms with Gasteiger partial charge in [-0.3, -0.25) is 9.78 Å². The number of piperidine rings is 1. The number of benzene rings is 2. The van der Waals surface area contributed by atoms with Crippen molar-refractivity contribution in [2.75, 3.05) is 51.4 Å².